The van der Waals surface area contributed by atoms with Gasteiger partial charge in [-0.2, -0.15) is 12.6 Å². The summed E-state index contributed by atoms with van der Waals surface area (Å²) in [6.45, 7) is 8.56. The third-order valence-electron chi connectivity index (χ3n) is 4.37. The SMILES string of the molecule is CCC(CC)(CS)CN1CCC(OCCO)CC1. The second-order valence-electron chi connectivity index (χ2n) is 5.44. The molecular weight excluding hydrogens is 246 g/mol. The lowest BCUT2D eigenvalue weighted by molar-refractivity contribution is -0.0141. The fraction of sp³-hybridized carbons (Fsp3) is 1.00. The van der Waals surface area contributed by atoms with Crippen molar-refractivity contribution in [3.05, 3.63) is 0 Å². The van der Waals surface area contributed by atoms with Crippen LogP contribution in [0, 0.1) is 5.41 Å². The van der Waals surface area contributed by atoms with E-state index in [-0.39, 0.29) is 6.61 Å². The van der Waals surface area contributed by atoms with Crippen LogP contribution in [-0.4, -0.2) is 54.7 Å². The number of likely N-dealkylation sites (tertiary alicyclic amines) is 1. The molecule has 1 aliphatic rings. The molecule has 1 rings (SSSR count). The fourth-order valence-electron chi connectivity index (χ4n) is 2.67. The maximum absolute atomic E-state index is 8.75. The molecule has 0 unspecified atom stereocenters. The zero-order valence-corrected chi connectivity index (χ0v) is 12.8. The van der Waals surface area contributed by atoms with Crippen LogP contribution in [0.4, 0.5) is 0 Å². The molecule has 0 saturated carbocycles. The first kappa shape index (κ1) is 16.3. The Bertz CT molecular complexity index is 206. The van der Waals surface area contributed by atoms with Crippen LogP contribution in [0.1, 0.15) is 39.5 Å². The summed E-state index contributed by atoms with van der Waals surface area (Å²) in [7, 11) is 0. The van der Waals surface area contributed by atoms with Crippen LogP contribution in [-0.2, 0) is 4.74 Å². The van der Waals surface area contributed by atoms with Gasteiger partial charge in [-0.1, -0.05) is 13.8 Å². The largest absolute Gasteiger partial charge is 0.394 e. The van der Waals surface area contributed by atoms with Gasteiger partial charge in [0.1, 0.15) is 0 Å². The molecule has 0 spiro atoms. The Morgan fingerprint density at radius 3 is 2.33 bits per heavy atom. The minimum atomic E-state index is 0.134. The van der Waals surface area contributed by atoms with E-state index in [9.17, 15) is 0 Å². The van der Waals surface area contributed by atoms with Crippen molar-refractivity contribution in [3.8, 4) is 0 Å². The lowest BCUT2D eigenvalue weighted by Gasteiger charge is -2.39. The topological polar surface area (TPSA) is 32.7 Å². The monoisotopic (exact) mass is 275 g/mol. The Balaban J connectivity index is 2.34. The Labute approximate surface area is 117 Å². The molecule has 0 radical (unpaired) electrons. The van der Waals surface area contributed by atoms with E-state index in [4.69, 9.17) is 9.84 Å². The summed E-state index contributed by atoms with van der Waals surface area (Å²) in [5, 5.41) is 8.75. The standard InChI is InChI=1S/C14H29NO2S/c1-3-14(4-2,12-18)11-15-7-5-13(6-8-15)17-10-9-16/h13,16,18H,3-12H2,1-2H3. The van der Waals surface area contributed by atoms with Crippen molar-refractivity contribution < 1.29 is 9.84 Å². The van der Waals surface area contributed by atoms with Crippen molar-refractivity contribution in [3.63, 3.8) is 0 Å². The molecular formula is C14H29NO2S. The lowest BCUT2D eigenvalue weighted by Crippen LogP contribution is -2.44. The summed E-state index contributed by atoms with van der Waals surface area (Å²) < 4.78 is 5.60. The molecule has 0 aromatic carbocycles. The normalized spacial score (nSPS) is 19.3. The van der Waals surface area contributed by atoms with Gasteiger partial charge in [0, 0.05) is 19.6 Å². The second-order valence-corrected chi connectivity index (χ2v) is 5.75. The van der Waals surface area contributed by atoms with Crippen LogP contribution in [0.25, 0.3) is 0 Å². The summed E-state index contributed by atoms with van der Waals surface area (Å²) in [5.41, 5.74) is 0.377. The summed E-state index contributed by atoms with van der Waals surface area (Å²) in [6.07, 6.45) is 4.94. The van der Waals surface area contributed by atoms with E-state index in [1.165, 1.54) is 12.8 Å². The van der Waals surface area contributed by atoms with Crippen LogP contribution in [0.2, 0.25) is 0 Å². The number of aliphatic hydroxyl groups is 1. The van der Waals surface area contributed by atoms with E-state index >= 15 is 0 Å². The predicted molar refractivity (Wildman–Crippen MR) is 79.4 cm³/mol. The molecule has 108 valence electrons. The third kappa shape index (κ3) is 4.72. The Kier molecular flexibility index (Phi) is 7.61. The number of thiol groups is 1. The van der Waals surface area contributed by atoms with E-state index in [0.29, 0.717) is 18.1 Å². The Hall–Kier alpha value is 0.230. The molecule has 18 heavy (non-hydrogen) atoms. The number of rotatable bonds is 8. The van der Waals surface area contributed by atoms with Gasteiger partial charge in [0.25, 0.3) is 0 Å². The van der Waals surface area contributed by atoms with Gasteiger partial charge in [-0.05, 0) is 36.9 Å². The van der Waals surface area contributed by atoms with E-state index in [0.717, 1.165) is 38.2 Å². The van der Waals surface area contributed by atoms with Crippen molar-refractivity contribution >= 4 is 12.6 Å². The molecule has 0 aromatic rings. The highest BCUT2D eigenvalue weighted by Crippen LogP contribution is 2.30. The van der Waals surface area contributed by atoms with Gasteiger partial charge in [-0.25, -0.2) is 0 Å². The van der Waals surface area contributed by atoms with Crippen LogP contribution in [0.5, 0.6) is 0 Å². The van der Waals surface area contributed by atoms with E-state index in [1.54, 1.807) is 0 Å². The highest BCUT2D eigenvalue weighted by atomic mass is 32.1. The maximum atomic E-state index is 8.75. The molecule has 0 aliphatic carbocycles. The van der Waals surface area contributed by atoms with Crippen molar-refractivity contribution in [2.75, 3.05) is 38.6 Å². The lowest BCUT2D eigenvalue weighted by atomic mass is 9.83. The first-order chi connectivity index (χ1) is 8.69. The van der Waals surface area contributed by atoms with Crippen LogP contribution in [0.3, 0.4) is 0 Å². The number of aliphatic hydroxyl groups excluding tert-OH is 1. The van der Waals surface area contributed by atoms with Gasteiger partial charge in [-0.3, -0.25) is 0 Å². The minimum absolute atomic E-state index is 0.134. The van der Waals surface area contributed by atoms with Crippen molar-refractivity contribution in [2.24, 2.45) is 5.41 Å². The highest BCUT2D eigenvalue weighted by molar-refractivity contribution is 7.80. The molecule has 0 amide bonds. The third-order valence-corrected chi connectivity index (χ3v) is 5.04. The molecule has 3 nitrogen and oxygen atoms in total. The van der Waals surface area contributed by atoms with Gasteiger partial charge in [0.05, 0.1) is 19.3 Å². The maximum Gasteiger partial charge on any atom is 0.0701 e. The van der Waals surface area contributed by atoms with Crippen molar-refractivity contribution in [2.45, 2.75) is 45.6 Å². The molecule has 1 N–H and O–H groups in total. The van der Waals surface area contributed by atoms with Crippen LogP contribution >= 0.6 is 12.6 Å². The minimum Gasteiger partial charge on any atom is -0.394 e. The molecule has 0 atom stereocenters. The number of ether oxygens (including phenoxy) is 1. The summed E-state index contributed by atoms with van der Waals surface area (Å²) in [5.74, 6) is 0.973. The predicted octanol–water partition coefficient (Wildman–Crippen LogP) is 2.20. The molecule has 4 heteroatoms. The number of hydrogen-bond donors (Lipinski definition) is 2. The molecule has 1 fully saturated rings. The Morgan fingerprint density at radius 2 is 1.89 bits per heavy atom. The molecule has 1 heterocycles. The number of piperidine rings is 1. The van der Waals surface area contributed by atoms with Gasteiger partial charge >= 0.3 is 0 Å². The molecule has 0 bridgehead atoms. The fourth-order valence-corrected chi connectivity index (χ4v) is 3.22. The average molecular weight is 275 g/mol. The van der Waals surface area contributed by atoms with E-state index in [2.05, 4.69) is 31.4 Å². The first-order valence-electron chi connectivity index (χ1n) is 7.25. The van der Waals surface area contributed by atoms with Crippen molar-refractivity contribution in [1.82, 2.24) is 4.90 Å². The van der Waals surface area contributed by atoms with Crippen LogP contribution in [0.15, 0.2) is 0 Å². The van der Waals surface area contributed by atoms with Crippen LogP contribution < -0.4 is 0 Å². The summed E-state index contributed by atoms with van der Waals surface area (Å²) in [6, 6.07) is 0. The van der Waals surface area contributed by atoms with Gasteiger partial charge in [-0.15, -0.1) is 0 Å². The first-order valence-corrected chi connectivity index (χ1v) is 7.88. The number of hydrogen-bond acceptors (Lipinski definition) is 4. The second kappa shape index (κ2) is 8.41. The smallest absolute Gasteiger partial charge is 0.0701 e. The highest BCUT2D eigenvalue weighted by Gasteiger charge is 2.29. The molecule has 1 saturated heterocycles. The Morgan fingerprint density at radius 1 is 1.28 bits per heavy atom. The quantitative estimate of drug-likeness (QED) is 0.666. The van der Waals surface area contributed by atoms with Gasteiger partial charge < -0.3 is 14.7 Å². The molecule has 1 aliphatic heterocycles. The zero-order valence-electron chi connectivity index (χ0n) is 11.9. The van der Waals surface area contributed by atoms with Crippen molar-refractivity contribution in [1.29, 1.82) is 0 Å². The van der Waals surface area contributed by atoms with Gasteiger partial charge in [0.15, 0.2) is 0 Å². The van der Waals surface area contributed by atoms with E-state index in [1.807, 2.05) is 0 Å². The molecule has 0 aromatic heterocycles. The number of nitrogens with zero attached hydrogens (tertiary/aromatic N) is 1. The average Bonchev–Trinajstić information content (AvgIpc) is 2.44. The zero-order chi connectivity index (χ0) is 13.4. The summed E-state index contributed by atoms with van der Waals surface area (Å²) in [4.78, 5) is 2.56. The van der Waals surface area contributed by atoms with Gasteiger partial charge in [0.2, 0.25) is 0 Å². The summed E-state index contributed by atoms with van der Waals surface area (Å²) >= 11 is 4.55. The van der Waals surface area contributed by atoms with E-state index < -0.39 is 0 Å².